The van der Waals surface area contributed by atoms with Crippen LogP contribution in [0.15, 0.2) is 18.2 Å². The number of amides is 1. The van der Waals surface area contributed by atoms with Crippen molar-refractivity contribution in [3.05, 3.63) is 29.3 Å². The van der Waals surface area contributed by atoms with Crippen LogP contribution in [0.5, 0.6) is 5.75 Å². The Bertz CT molecular complexity index is 571. The molecule has 1 aliphatic rings. The Labute approximate surface area is 125 Å². The van der Waals surface area contributed by atoms with Gasteiger partial charge in [0.25, 0.3) is 5.91 Å². The van der Waals surface area contributed by atoms with Gasteiger partial charge in [-0.05, 0) is 37.5 Å². The van der Waals surface area contributed by atoms with Crippen molar-refractivity contribution in [2.75, 3.05) is 20.3 Å². The Morgan fingerprint density at radius 1 is 1.52 bits per heavy atom. The summed E-state index contributed by atoms with van der Waals surface area (Å²) in [4.78, 5) is 14.6. The molecular formula is C17H21NO3. The Kier molecular flexibility index (Phi) is 5.24. The molecule has 0 saturated carbocycles. The van der Waals surface area contributed by atoms with Crippen molar-refractivity contribution in [1.82, 2.24) is 4.90 Å². The minimum Gasteiger partial charge on any atom is -0.495 e. The predicted octanol–water partition coefficient (Wildman–Crippen LogP) is 2.05. The number of nitrogens with zero attached hydrogens (tertiary/aromatic N) is 1. The predicted molar refractivity (Wildman–Crippen MR) is 81.3 cm³/mol. The summed E-state index contributed by atoms with van der Waals surface area (Å²) in [6.07, 6.45) is 3.13. The molecule has 4 nitrogen and oxygen atoms in total. The van der Waals surface area contributed by atoms with Gasteiger partial charge in [-0.1, -0.05) is 18.8 Å². The number of hydrogen-bond donors (Lipinski definition) is 1. The first-order valence-corrected chi connectivity index (χ1v) is 7.30. The standard InChI is InChI=1S/C17H21NO3/c1-3-15-7-4-10-18(15)17(20)14-8-9-16(21-2)13(12-14)6-5-11-19/h8-9,12,15,19H,3-4,7,10-11H2,1-2H3. The van der Waals surface area contributed by atoms with E-state index in [1.54, 1.807) is 25.3 Å². The fraction of sp³-hybridized carbons (Fsp3) is 0.471. The number of likely N-dealkylation sites (tertiary alicyclic amines) is 1. The molecule has 1 saturated heterocycles. The largest absolute Gasteiger partial charge is 0.495 e. The third kappa shape index (κ3) is 3.37. The zero-order valence-electron chi connectivity index (χ0n) is 12.6. The molecule has 1 N–H and O–H groups in total. The molecule has 1 atom stereocenters. The monoisotopic (exact) mass is 287 g/mol. The summed E-state index contributed by atoms with van der Waals surface area (Å²) >= 11 is 0. The Hall–Kier alpha value is -1.99. The molecule has 0 aromatic heterocycles. The van der Waals surface area contributed by atoms with E-state index in [-0.39, 0.29) is 12.5 Å². The lowest BCUT2D eigenvalue weighted by Crippen LogP contribution is -2.35. The normalized spacial score (nSPS) is 17.3. The number of aliphatic hydroxyl groups excluding tert-OH is 1. The van der Waals surface area contributed by atoms with Crippen LogP contribution in [-0.2, 0) is 0 Å². The molecule has 1 aromatic carbocycles. The fourth-order valence-corrected chi connectivity index (χ4v) is 2.77. The minimum atomic E-state index is -0.217. The van der Waals surface area contributed by atoms with Gasteiger partial charge in [-0.25, -0.2) is 0 Å². The third-order valence-corrected chi connectivity index (χ3v) is 3.86. The van der Waals surface area contributed by atoms with Crippen LogP contribution >= 0.6 is 0 Å². The highest BCUT2D eigenvalue weighted by Gasteiger charge is 2.28. The van der Waals surface area contributed by atoms with E-state index >= 15 is 0 Å². The highest BCUT2D eigenvalue weighted by molar-refractivity contribution is 5.95. The van der Waals surface area contributed by atoms with E-state index in [1.807, 2.05) is 4.90 Å². The molecule has 1 amide bonds. The van der Waals surface area contributed by atoms with Crippen LogP contribution in [-0.4, -0.2) is 42.2 Å². The van der Waals surface area contributed by atoms with Crippen molar-refractivity contribution in [1.29, 1.82) is 0 Å². The van der Waals surface area contributed by atoms with Crippen LogP contribution in [0.2, 0.25) is 0 Å². The van der Waals surface area contributed by atoms with Gasteiger partial charge in [0.05, 0.1) is 12.7 Å². The molecule has 0 aliphatic carbocycles. The lowest BCUT2D eigenvalue weighted by molar-refractivity contribution is 0.0733. The van der Waals surface area contributed by atoms with E-state index in [2.05, 4.69) is 18.8 Å². The fourth-order valence-electron chi connectivity index (χ4n) is 2.77. The number of aliphatic hydroxyl groups is 1. The molecule has 1 aromatic rings. The van der Waals surface area contributed by atoms with E-state index in [0.717, 1.165) is 25.8 Å². The van der Waals surface area contributed by atoms with Gasteiger partial charge < -0.3 is 14.7 Å². The first-order valence-electron chi connectivity index (χ1n) is 7.30. The topological polar surface area (TPSA) is 49.8 Å². The number of rotatable bonds is 3. The highest BCUT2D eigenvalue weighted by Crippen LogP contribution is 2.25. The summed E-state index contributed by atoms with van der Waals surface area (Å²) < 4.78 is 5.24. The quantitative estimate of drug-likeness (QED) is 0.866. The van der Waals surface area contributed by atoms with Crippen molar-refractivity contribution >= 4 is 5.91 Å². The number of carbonyl (C=O) groups is 1. The molecule has 1 fully saturated rings. The van der Waals surface area contributed by atoms with Crippen molar-refractivity contribution < 1.29 is 14.6 Å². The van der Waals surface area contributed by atoms with Crippen molar-refractivity contribution in [2.45, 2.75) is 32.2 Å². The summed E-state index contributed by atoms with van der Waals surface area (Å²) in [7, 11) is 1.56. The van der Waals surface area contributed by atoms with E-state index in [0.29, 0.717) is 22.9 Å². The SMILES string of the molecule is CCC1CCCN1C(=O)c1ccc(OC)c(C#CCO)c1. The van der Waals surface area contributed by atoms with Crippen LogP contribution in [0.3, 0.4) is 0 Å². The van der Waals surface area contributed by atoms with E-state index < -0.39 is 0 Å². The van der Waals surface area contributed by atoms with Gasteiger partial charge in [0.2, 0.25) is 0 Å². The van der Waals surface area contributed by atoms with Crippen molar-refractivity contribution in [3.8, 4) is 17.6 Å². The second-order valence-corrected chi connectivity index (χ2v) is 5.08. The second kappa shape index (κ2) is 7.14. The lowest BCUT2D eigenvalue weighted by Gasteiger charge is -2.24. The molecule has 1 unspecified atom stereocenters. The molecule has 4 heteroatoms. The molecule has 0 radical (unpaired) electrons. The van der Waals surface area contributed by atoms with Gasteiger partial charge >= 0.3 is 0 Å². The van der Waals surface area contributed by atoms with Gasteiger partial charge in [-0.2, -0.15) is 0 Å². The van der Waals surface area contributed by atoms with Crippen molar-refractivity contribution in [3.63, 3.8) is 0 Å². The molecule has 0 bridgehead atoms. The van der Waals surface area contributed by atoms with Gasteiger partial charge in [0.15, 0.2) is 0 Å². The van der Waals surface area contributed by atoms with Crippen LogP contribution in [0.4, 0.5) is 0 Å². The molecule has 112 valence electrons. The average Bonchev–Trinajstić information content (AvgIpc) is 3.00. The molecule has 1 aliphatic heterocycles. The van der Waals surface area contributed by atoms with Crippen LogP contribution < -0.4 is 4.74 Å². The second-order valence-electron chi connectivity index (χ2n) is 5.08. The van der Waals surface area contributed by atoms with E-state index in [1.165, 1.54) is 0 Å². The third-order valence-electron chi connectivity index (χ3n) is 3.86. The van der Waals surface area contributed by atoms with Crippen molar-refractivity contribution in [2.24, 2.45) is 0 Å². The maximum absolute atomic E-state index is 12.6. The highest BCUT2D eigenvalue weighted by atomic mass is 16.5. The Morgan fingerprint density at radius 2 is 2.33 bits per heavy atom. The summed E-state index contributed by atoms with van der Waals surface area (Å²) in [6, 6.07) is 5.61. The molecule has 1 heterocycles. The molecule has 2 rings (SSSR count). The average molecular weight is 287 g/mol. The maximum atomic E-state index is 12.6. The smallest absolute Gasteiger partial charge is 0.254 e. The molecule has 0 spiro atoms. The van der Waals surface area contributed by atoms with Crippen LogP contribution in [0.25, 0.3) is 0 Å². The van der Waals surface area contributed by atoms with E-state index in [9.17, 15) is 4.79 Å². The zero-order valence-corrected chi connectivity index (χ0v) is 12.6. The maximum Gasteiger partial charge on any atom is 0.254 e. The summed E-state index contributed by atoms with van der Waals surface area (Å²) in [6.45, 7) is 2.72. The molecular weight excluding hydrogens is 266 g/mol. The number of ether oxygens (including phenoxy) is 1. The first kappa shape index (κ1) is 15.4. The number of hydrogen-bond acceptors (Lipinski definition) is 3. The summed E-state index contributed by atoms with van der Waals surface area (Å²) in [5.74, 6) is 6.09. The van der Waals surface area contributed by atoms with Gasteiger partial charge in [-0.3, -0.25) is 4.79 Å². The molecule has 21 heavy (non-hydrogen) atoms. The summed E-state index contributed by atoms with van der Waals surface area (Å²) in [5, 5.41) is 8.82. The van der Waals surface area contributed by atoms with E-state index in [4.69, 9.17) is 9.84 Å². The Morgan fingerprint density at radius 3 is 3.00 bits per heavy atom. The van der Waals surface area contributed by atoms with Gasteiger partial charge in [-0.15, -0.1) is 0 Å². The first-order chi connectivity index (χ1) is 10.2. The number of carbonyl (C=O) groups excluding carboxylic acids is 1. The summed E-state index contributed by atoms with van der Waals surface area (Å²) in [5.41, 5.74) is 1.25. The number of benzene rings is 1. The Balaban J connectivity index is 2.29. The van der Waals surface area contributed by atoms with Crippen LogP contribution in [0.1, 0.15) is 42.1 Å². The van der Waals surface area contributed by atoms with Crippen LogP contribution in [0, 0.1) is 11.8 Å². The minimum absolute atomic E-state index is 0.0500. The van der Waals surface area contributed by atoms with Gasteiger partial charge in [0.1, 0.15) is 12.4 Å². The lowest BCUT2D eigenvalue weighted by atomic mass is 10.1. The number of methoxy groups -OCH3 is 1. The van der Waals surface area contributed by atoms with Gasteiger partial charge in [0, 0.05) is 18.2 Å². The zero-order chi connectivity index (χ0) is 15.2.